The maximum absolute atomic E-state index is 13.0. The Balaban J connectivity index is 1.72. The third-order valence-electron chi connectivity index (χ3n) is 5.17. The number of anilines is 1. The number of carbonyl (C=O) groups is 1. The van der Waals surface area contributed by atoms with Gasteiger partial charge in [-0.1, -0.05) is 60.1 Å². The van der Waals surface area contributed by atoms with Crippen molar-refractivity contribution in [1.82, 2.24) is 4.57 Å². The number of nitrogens with one attached hydrogen (secondary N) is 1. The fourth-order valence-electron chi connectivity index (χ4n) is 3.78. The van der Waals surface area contributed by atoms with Gasteiger partial charge in [-0.2, -0.15) is 0 Å². The minimum Gasteiger partial charge on any atom is -0.338 e. The first kappa shape index (κ1) is 21.9. The van der Waals surface area contributed by atoms with E-state index in [0.29, 0.717) is 6.54 Å². The molecule has 8 heteroatoms. The van der Waals surface area contributed by atoms with Gasteiger partial charge < -0.3 is 9.88 Å². The van der Waals surface area contributed by atoms with Gasteiger partial charge >= 0.3 is 0 Å². The summed E-state index contributed by atoms with van der Waals surface area (Å²) < 4.78 is 2.15. The zero-order chi connectivity index (χ0) is 22.7. The van der Waals surface area contributed by atoms with Gasteiger partial charge in [0.05, 0.1) is 11.3 Å². The number of para-hydroxylation sites is 1. The molecule has 0 fully saturated rings. The minimum atomic E-state index is -0.554. The molecule has 3 aromatic carbocycles. The maximum atomic E-state index is 13.0. The first-order chi connectivity index (χ1) is 15.5. The van der Waals surface area contributed by atoms with Gasteiger partial charge in [0.25, 0.3) is 5.69 Å². The average molecular weight is 466 g/mol. The van der Waals surface area contributed by atoms with Crippen molar-refractivity contribution in [3.8, 4) is 0 Å². The van der Waals surface area contributed by atoms with Crippen molar-refractivity contribution >= 4 is 51.5 Å². The number of aromatic nitrogens is 1. The van der Waals surface area contributed by atoms with Crippen LogP contribution in [0.4, 0.5) is 11.4 Å². The van der Waals surface area contributed by atoms with Gasteiger partial charge in [0.2, 0.25) is 5.91 Å². The van der Waals surface area contributed by atoms with Crippen molar-refractivity contribution in [2.24, 2.45) is 0 Å². The SMILES string of the molecule is CSc1c(CC(=O)Nc2ccc(Cl)cc2[N+](=O)[O-])n(Cc2ccccc2)c2ccccc12. The molecule has 0 bridgehead atoms. The lowest BCUT2D eigenvalue weighted by molar-refractivity contribution is -0.383. The molecule has 4 rings (SSSR count). The molecule has 0 saturated heterocycles. The number of nitrogens with zero attached hydrogens (tertiary/aromatic N) is 2. The summed E-state index contributed by atoms with van der Waals surface area (Å²) >= 11 is 7.47. The number of carbonyl (C=O) groups excluding carboxylic acids is 1. The Hall–Kier alpha value is -3.29. The Labute approximate surface area is 194 Å². The monoisotopic (exact) mass is 465 g/mol. The normalized spacial score (nSPS) is 10.9. The van der Waals surface area contributed by atoms with Gasteiger partial charge in [-0.3, -0.25) is 14.9 Å². The highest BCUT2D eigenvalue weighted by Gasteiger charge is 2.21. The number of halogens is 1. The summed E-state index contributed by atoms with van der Waals surface area (Å²) in [4.78, 5) is 24.8. The van der Waals surface area contributed by atoms with E-state index in [2.05, 4.69) is 22.0 Å². The Morgan fingerprint density at radius 1 is 1.09 bits per heavy atom. The molecule has 1 N–H and O–H groups in total. The Morgan fingerprint density at radius 3 is 2.53 bits per heavy atom. The van der Waals surface area contributed by atoms with Gasteiger partial charge in [0.15, 0.2) is 0 Å². The number of fused-ring (bicyclic) bond motifs is 1. The lowest BCUT2D eigenvalue weighted by atomic mass is 10.2. The molecule has 0 spiro atoms. The molecule has 1 heterocycles. The third-order valence-corrected chi connectivity index (χ3v) is 6.27. The van der Waals surface area contributed by atoms with Crippen LogP contribution >= 0.6 is 23.4 Å². The van der Waals surface area contributed by atoms with E-state index < -0.39 is 4.92 Å². The van der Waals surface area contributed by atoms with E-state index in [1.165, 1.54) is 18.2 Å². The van der Waals surface area contributed by atoms with Crippen molar-refractivity contribution in [1.29, 1.82) is 0 Å². The maximum Gasteiger partial charge on any atom is 0.294 e. The molecule has 4 aromatic rings. The van der Waals surface area contributed by atoms with Crippen LogP contribution < -0.4 is 5.32 Å². The van der Waals surface area contributed by atoms with Crippen LogP contribution in [0.1, 0.15) is 11.3 Å². The van der Waals surface area contributed by atoms with Crippen molar-refractivity contribution in [2.75, 3.05) is 11.6 Å². The van der Waals surface area contributed by atoms with Crippen LogP contribution in [0.5, 0.6) is 0 Å². The van der Waals surface area contributed by atoms with E-state index in [1.54, 1.807) is 11.8 Å². The summed E-state index contributed by atoms with van der Waals surface area (Å²) in [6, 6.07) is 22.3. The molecule has 0 unspecified atom stereocenters. The lowest BCUT2D eigenvalue weighted by Gasteiger charge is -2.13. The molecule has 0 aliphatic carbocycles. The number of nitro groups is 1. The van der Waals surface area contributed by atoms with Crippen LogP contribution in [-0.2, 0) is 17.8 Å². The van der Waals surface area contributed by atoms with Crippen LogP contribution in [0.3, 0.4) is 0 Å². The second-order valence-corrected chi connectivity index (χ2v) is 8.47. The summed E-state index contributed by atoms with van der Waals surface area (Å²) in [5.41, 5.74) is 2.93. The fraction of sp³-hybridized carbons (Fsp3) is 0.125. The predicted octanol–water partition coefficient (Wildman–Crippen LogP) is 6.15. The smallest absolute Gasteiger partial charge is 0.294 e. The molecule has 0 aliphatic rings. The average Bonchev–Trinajstić information content (AvgIpc) is 3.07. The molecule has 0 aliphatic heterocycles. The zero-order valence-electron chi connectivity index (χ0n) is 17.2. The van der Waals surface area contributed by atoms with Crippen LogP contribution in [0.2, 0.25) is 5.02 Å². The number of thioether (sulfide) groups is 1. The number of rotatable bonds is 7. The Morgan fingerprint density at radius 2 is 1.81 bits per heavy atom. The van der Waals surface area contributed by atoms with Gasteiger partial charge in [-0.25, -0.2) is 0 Å². The van der Waals surface area contributed by atoms with Crippen LogP contribution in [-0.4, -0.2) is 21.7 Å². The molecule has 0 radical (unpaired) electrons. The van der Waals surface area contributed by atoms with E-state index in [4.69, 9.17) is 11.6 Å². The molecular weight excluding hydrogens is 446 g/mol. The van der Waals surface area contributed by atoms with E-state index >= 15 is 0 Å². The second kappa shape index (κ2) is 9.46. The van der Waals surface area contributed by atoms with Gasteiger partial charge in [-0.15, -0.1) is 11.8 Å². The van der Waals surface area contributed by atoms with E-state index in [0.717, 1.165) is 27.1 Å². The van der Waals surface area contributed by atoms with Crippen LogP contribution in [0.25, 0.3) is 10.9 Å². The number of benzene rings is 3. The fourth-order valence-corrected chi connectivity index (χ4v) is 4.76. The summed E-state index contributed by atoms with van der Waals surface area (Å²) in [6.45, 7) is 0.617. The molecule has 1 amide bonds. The molecular formula is C24H20ClN3O3S. The largest absolute Gasteiger partial charge is 0.338 e. The summed E-state index contributed by atoms with van der Waals surface area (Å²) in [5.74, 6) is -0.331. The van der Waals surface area contributed by atoms with Gasteiger partial charge in [0, 0.05) is 39.1 Å². The van der Waals surface area contributed by atoms with E-state index in [-0.39, 0.29) is 28.7 Å². The Bertz CT molecular complexity index is 1300. The molecule has 0 saturated carbocycles. The molecule has 162 valence electrons. The number of nitro benzene ring substituents is 1. The van der Waals surface area contributed by atoms with Gasteiger partial charge in [-0.05, 0) is 30.0 Å². The van der Waals surface area contributed by atoms with Crippen molar-refractivity contribution in [3.63, 3.8) is 0 Å². The topological polar surface area (TPSA) is 77.2 Å². The first-order valence-electron chi connectivity index (χ1n) is 9.89. The number of hydrogen-bond donors (Lipinski definition) is 1. The summed E-state index contributed by atoms with van der Waals surface area (Å²) in [6.07, 6.45) is 2.07. The minimum absolute atomic E-state index is 0.0808. The second-order valence-electron chi connectivity index (χ2n) is 7.21. The standard InChI is InChI=1S/C24H20ClN3O3S/c1-32-24-18-9-5-6-10-20(18)27(15-16-7-3-2-4-8-16)22(24)14-23(29)26-19-12-11-17(25)13-21(19)28(30)31/h2-13H,14-15H2,1H3,(H,26,29). The van der Waals surface area contributed by atoms with Crippen molar-refractivity contribution in [3.05, 3.63) is 99.2 Å². The zero-order valence-corrected chi connectivity index (χ0v) is 18.8. The molecule has 6 nitrogen and oxygen atoms in total. The van der Waals surface area contributed by atoms with Crippen molar-refractivity contribution < 1.29 is 9.72 Å². The number of hydrogen-bond acceptors (Lipinski definition) is 4. The van der Waals surface area contributed by atoms with Gasteiger partial charge in [0.1, 0.15) is 5.69 Å². The predicted molar refractivity (Wildman–Crippen MR) is 130 cm³/mol. The molecule has 1 aromatic heterocycles. The van der Waals surface area contributed by atoms with Crippen LogP contribution in [0.15, 0.2) is 77.7 Å². The quantitative estimate of drug-likeness (QED) is 0.201. The molecule has 0 atom stereocenters. The van der Waals surface area contributed by atoms with Crippen molar-refractivity contribution in [2.45, 2.75) is 17.9 Å². The highest BCUT2D eigenvalue weighted by Crippen LogP contribution is 2.35. The van der Waals surface area contributed by atoms with E-state index in [1.807, 2.05) is 48.7 Å². The Kier molecular flexibility index (Phi) is 6.48. The molecule has 32 heavy (non-hydrogen) atoms. The number of amides is 1. The summed E-state index contributed by atoms with van der Waals surface area (Å²) in [7, 11) is 0. The van der Waals surface area contributed by atoms with E-state index in [9.17, 15) is 14.9 Å². The third kappa shape index (κ3) is 4.49. The summed E-state index contributed by atoms with van der Waals surface area (Å²) in [5, 5.41) is 15.4. The highest BCUT2D eigenvalue weighted by atomic mass is 35.5. The lowest BCUT2D eigenvalue weighted by Crippen LogP contribution is -2.18. The van der Waals surface area contributed by atoms with Crippen LogP contribution in [0, 0.1) is 10.1 Å². The highest BCUT2D eigenvalue weighted by molar-refractivity contribution is 7.98. The first-order valence-corrected chi connectivity index (χ1v) is 11.5.